The van der Waals surface area contributed by atoms with Crippen LogP contribution in [0.1, 0.15) is 26.7 Å². The molecule has 0 aliphatic carbocycles. The van der Waals surface area contributed by atoms with E-state index >= 15 is 0 Å². The molecule has 0 radical (unpaired) electrons. The van der Waals surface area contributed by atoms with Gasteiger partial charge >= 0.3 is 0 Å². The Balaban J connectivity index is 2.28. The second kappa shape index (κ2) is 5.98. The highest BCUT2D eigenvalue weighted by Crippen LogP contribution is 2.22. The second-order valence-electron chi connectivity index (χ2n) is 4.77. The first-order chi connectivity index (χ1) is 7.42. The zero-order valence-electron chi connectivity index (χ0n) is 10.4. The average Bonchev–Trinajstić information content (AvgIpc) is 2.59. The molecule has 1 aliphatic rings. The van der Waals surface area contributed by atoms with Crippen LogP contribution in [0.15, 0.2) is 0 Å². The SMILES string of the molecule is CCC1OCCC1CNC(C)CS(C)(=O)=O. The van der Waals surface area contributed by atoms with Crippen molar-refractivity contribution in [2.75, 3.05) is 25.2 Å². The van der Waals surface area contributed by atoms with E-state index in [4.69, 9.17) is 4.74 Å². The van der Waals surface area contributed by atoms with E-state index in [0.717, 1.165) is 26.0 Å². The van der Waals surface area contributed by atoms with Crippen molar-refractivity contribution >= 4 is 9.84 Å². The number of rotatable bonds is 6. The second-order valence-corrected chi connectivity index (χ2v) is 6.95. The maximum Gasteiger partial charge on any atom is 0.148 e. The average molecular weight is 249 g/mol. The van der Waals surface area contributed by atoms with Crippen molar-refractivity contribution in [2.45, 2.75) is 38.8 Å². The molecular formula is C11H23NO3S. The van der Waals surface area contributed by atoms with E-state index in [1.165, 1.54) is 6.26 Å². The molecular weight excluding hydrogens is 226 g/mol. The molecule has 0 aromatic carbocycles. The summed E-state index contributed by atoms with van der Waals surface area (Å²) in [6.45, 7) is 5.74. The summed E-state index contributed by atoms with van der Waals surface area (Å²) in [6.07, 6.45) is 3.74. The van der Waals surface area contributed by atoms with Crippen molar-refractivity contribution in [3.05, 3.63) is 0 Å². The minimum atomic E-state index is -2.88. The van der Waals surface area contributed by atoms with Crippen LogP contribution in [0.4, 0.5) is 0 Å². The highest BCUT2D eigenvalue weighted by molar-refractivity contribution is 7.90. The van der Waals surface area contributed by atoms with Crippen molar-refractivity contribution in [2.24, 2.45) is 5.92 Å². The molecule has 1 aliphatic heterocycles. The highest BCUT2D eigenvalue weighted by Gasteiger charge is 2.26. The van der Waals surface area contributed by atoms with Crippen molar-refractivity contribution in [3.8, 4) is 0 Å². The lowest BCUT2D eigenvalue weighted by Gasteiger charge is -2.20. The van der Waals surface area contributed by atoms with Crippen LogP contribution in [0.3, 0.4) is 0 Å². The molecule has 1 N–H and O–H groups in total. The van der Waals surface area contributed by atoms with Crippen LogP contribution < -0.4 is 5.32 Å². The molecule has 96 valence electrons. The number of sulfone groups is 1. The standard InChI is InChI=1S/C11H23NO3S/c1-4-11-10(5-6-15-11)7-12-9(2)8-16(3,13)14/h9-12H,4-8H2,1-3H3. The zero-order chi connectivity index (χ0) is 12.2. The molecule has 3 atom stereocenters. The Kier molecular flexibility index (Phi) is 5.21. The summed E-state index contributed by atoms with van der Waals surface area (Å²) < 4.78 is 27.8. The molecule has 5 heteroatoms. The van der Waals surface area contributed by atoms with Crippen LogP contribution >= 0.6 is 0 Å². The van der Waals surface area contributed by atoms with Crippen molar-refractivity contribution < 1.29 is 13.2 Å². The van der Waals surface area contributed by atoms with Crippen LogP contribution in [0.25, 0.3) is 0 Å². The Bertz CT molecular complexity index is 302. The zero-order valence-corrected chi connectivity index (χ0v) is 11.2. The molecule has 0 amide bonds. The molecule has 1 fully saturated rings. The number of hydrogen-bond acceptors (Lipinski definition) is 4. The first kappa shape index (κ1) is 13.9. The van der Waals surface area contributed by atoms with Gasteiger partial charge in [-0.2, -0.15) is 0 Å². The van der Waals surface area contributed by atoms with E-state index < -0.39 is 9.84 Å². The number of nitrogens with one attached hydrogen (secondary N) is 1. The van der Waals surface area contributed by atoms with Crippen molar-refractivity contribution in [3.63, 3.8) is 0 Å². The van der Waals surface area contributed by atoms with E-state index in [-0.39, 0.29) is 11.8 Å². The first-order valence-electron chi connectivity index (χ1n) is 5.95. The van der Waals surface area contributed by atoms with Gasteiger partial charge in [0.05, 0.1) is 11.9 Å². The molecule has 1 heterocycles. The fourth-order valence-corrected chi connectivity index (χ4v) is 3.27. The summed E-state index contributed by atoms with van der Waals surface area (Å²) in [4.78, 5) is 0. The Morgan fingerprint density at radius 3 is 2.75 bits per heavy atom. The van der Waals surface area contributed by atoms with Gasteiger partial charge in [-0.1, -0.05) is 6.92 Å². The molecule has 16 heavy (non-hydrogen) atoms. The van der Waals surface area contributed by atoms with E-state index in [0.29, 0.717) is 12.0 Å². The Morgan fingerprint density at radius 2 is 2.19 bits per heavy atom. The van der Waals surface area contributed by atoms with Gasteiger partial charge < -0.3 is 10.1 Å². The summed E-state index contributed by atoms with van der Waals surface area (Å²) in [5, 5.41) is 3.29. The van der Waals surface area contributed by atoms with Gasteiger partial charge in [0.15, 0.2) is 0 Å². The molecule has 0 saturated carbocycles. The van der Waals surface area contributed by atoms with E-state index in [1.54, 1.807) is 0 Å². The largest absolute Gasteiger partial charge is 0.378 e. The smallest absolute Gasteiger partial charge is 0.148 e. The van der Waals surface area contributed by atoms with Crippen LogP contribution in [0.2, 0.25) is 0 Å². The molecule has 1 saturated heterocycles. The molecule has 0 aromatic rings. The maximum atomic E-state index is 11.1. The quantitative estimate of drug-likeness (QED) is 0.757. The van der Waals surface area contributed by atoms with Crippen LogP contribution in [-0.2, 0) is 14.6 Å². The van der Waals surface area contributed by atoms with Gasteiger partial charge in [0.1, 0.15) is 9.84 Å². The fourth-order valence-electron chi connectivity index (χ4n) is 2.24. The minimum absolute atomic E-state index is 0.0214. The lowest BCUT2D eigenvalue weighted by atomic mass is 9.99. The maximum absolute atomic E-state index is 11.1. The van der Waals surface area contributed by atoms with Crippen LogP contribution in [0, 0.1) is 5.92 Å². The lowest BCUT2D eigenvalue weighted by Crippen LogP contribution is -2.37. The third-order valence-electron chi connectivity index (χ3n) is 3.03. The van der Waals surface area contributed by atoms with Gasteiger partial charge in [0.25, 0.3) is 0 Å². The van der Waals surface area contributed by atoms with E-state index in [2.05, 4.69) is 12.2 Å². The third-order valence-corrected chi connectivity index (χ3v) is 4.14. The monoisotopic (exact) mass is 249 g/mol. The Hall–Kier alpha value is -0.130. The van der Waals surface area contributed by atoms with Gasteiger partial charge in [-0.25, -0.2) is 8.42 Å². The lowest BCUT2D eigenvalue weighted by molar-refractivity contribution is 0.0869. The van der Waals surface area contributed by atoms with Gasteiger partial charge in [0.2, 0.25) is 0 Å². The molecule has 0 bridgehead atoms. The van der Waals surface area contributed by atoms with Crippen molar-refractivity contribution in [1.82, 2.24) is 5.32 Å². The summed E-state index contributed by atoms with van der Waals surface area (Å²) >= 11 is 0. The van der Waals surface area contributed by atoms with Crippen molar-refractivity contribution in [1.29, 1.82) is 0 Å². The van der Waals surface area contributed by atoms with Gasteiger partial charge in [-0.15, -0.1) is 0 Å². The summed E-state index contributed by atoms with van der Waals surface area (Å²) in [7, 11) is -2.88. The normalized spacial score (nSPS) is 28.2. The summed E-state index contributed by atoms with van der Waals surface area (Å²) in [5.74, 6) is 0.740. The predicted molar refractivity (Wildman–Crippen MR) is 65.3 cm³/mol. The highest BCUT2D eigenvalue weighted by atomic mass is 32.2. The molecule has 3 unspecified atom stereocenters. The number of hydrogen-bond donors (Lipinski definition) is 1. The van der Waals surface area contributed by atoms with E-state index in [1.807, 2.05) is 6.92 Å². The Morgan fingerprint density at radius 1 is 1.50 bits per heavy atom. The Labute approximate surface area is 98.7 Å². The van der Waals surface area contributed by atoms with Gasteiger partial charge in [-0.3, -0.25) is 0 Å². The predicted octanol–water partition coefficient (Wildman–Crippen LogP) is 0.824. The molecule has 0 spiro atoms. The number of ether oxygens (including phenoxy) is 1. The van der Waals surface area contributed by atoms with Gasteiger partial charge in [-0.05, 0) is 25.7 Å². The summed E-state index contributed by atoms with van der Waals surface area (Å²) in [5.41, 5.74) is 0. The van der Waals surface area contributed by atoms with E-state index in [9.17, 15) is 8.42 Å². The minimum Gasteiger partial charge on any atom is -0.378 e. The fraction of sp³-hybridized carbons (Fsp3) is 1.00. The molecule has 4 nitrogen and oxygen atoms in total. The molecule has 0 aromatic heterocycles. The first-order valence-corrected chi connectivity index (χ1v) is 8.01. The van der Waals surface area contributed by atoms with Gasteiger partial charge in [0, 0.05) is 25.4 Å². The van der Waals surface area contributed by atoms with Crippen LogP contribution in [-0.4, -0.2) is 45.7 Å². The topological polar surface area (TPSA) is 55.4 Å². The summed E-state index contributed by atoms with van der Waals surface area (Å²) in [6, 6.07) is 0.0214. The third kappa shape index (κ3) is 4.80. The van der Waals surface area contributed by atoms with Crippen LogP contribution in [0.5, 0.6) is 0 Å². The molecule has 1 rings (SSSR count).